The smallest absolute Gasteiger partial charge is 0.268 e. The first-order valence-electron chi connectivity index (χ1n) is 9.07. The molecule has 0 N–H and O–H groups in total. The van der Waals surface area contributed by atoms with Crippen LogP contribution in [0.4, 0.5) is 17.6 Å². The van der Waals surface area contributed by atoms with E-state index in [-0.39, 0.29) is 16.7 Å². The summed E-state index contributed by atoms with van der Waals surface area (Å²) in [6.07, 6.45) is 3.32. The van der Waals surface area contributed by atoms with E-state index in [4.69, 9.17) is 0 Å². The number of hydrogen-bond acceptors (Lipinski definition) is 2. The zero-order chi connectivity index (χ0) is 20.5. The molecule has 2 aromatic carbocycles. The van der Waals surface area contributed by atoms with Gasteiger partial charge in [-0.3, -0.25) is 4.79 Å². The molecule has 1 heterocycles. The predicted molar refractivity (Wildman–Crippen MR) is 104 cm³/mol. The van der Waals surface area contributed by atoms with Crippen molar-refractivity contribution in [2.45, 2.75) is 24.7 Å². The van der Waals surface area contributed by atoms with Crippen molar-refractivity contribution < 1.29 is 22.4 Å². The topological polar surface area (TPSA) is 20.3 Å². The van der Waals surface area contributed by atoms with Gasteiger partial charge in [-0.2, -0.15) is 12.6 Å². The van der Waals surface area contributed by atoms with E-state index in [9.17, 15) is 22.4 Å². The van der Waals surface area contributed by atoms with Gasteiger partial charge in [-0.15, -0.1) is 0 Å². The second-order valence-corrected chi connectivity index (χ2v) is 6.85. The summed E-state index contributed by atoms with van der Waals surface area (Å²) in [5.41, 5.74) is -0.151. The maximum absolute atomic E-state index is 14.5. The van der Waals surface area contributed by atoms with Gasteiger partial charge >= 0.3 is 0 Å². The van der Waals surface area contributed by atoms with Crippen LogP contribution in [-0.2, 0) is 4.79 Å². The van der Waals surface area contributed by atoms with Crippen LogP contribution in [0, 0.1) is 17.6 Å². The number of likely N-dealkylation sites (tertiary alicyclic amines) is 1. The van der Waals surface area contributed by atoms with Gasteiger partial charge in [0.25, 0.3) is 5.92 Å². The fourth-order valence-corrected chi connectivity index (χ4v) is 3.91. The standard InChI is InChI=1S/C20H17F4NO.CH4S/c21-14-8-5-9-15(22)16(14)12-6-1-2-7-13(12)17-18(20(17,23)24)19(26)25-10-3-4-11-25;1-2/h1-2,5-9,17-18H,3-4,10-11H2;2H,1H3. The van der Waals surface area contributed by atoms with Crippen LogP contribution in [0.5, 0.6) is 0 Å². The van der Waals surface area contributed by atoms with E-state index in [1.807, 2.05) is 0 Å². The number of amides is 1. The van der Waals surface area contributed by atoms with Crippen molar-refractivity contribution >= 4 is 18.5 Å². The average Bonchev–Trinajstić information content (AvgIpc) is 3.03. The van der Waals surface area contributed by atoms with Crippen LogP contribution in [0.15, 0.2) is 42.5 Å². The molecule has 1 saturated carbocycles. The molecular weight excluding hydrogens is 390 g/mol. The maximum Gasteiger partial charge on any atom is 0.268 e. The molecule has 7 heteroatoms. The van der Waals surface area contributed by atoms with E-state index in [1.165, 1.54) is 23.1 Å². The molecule has 1 aliphatic carbocycles. The molecule has 150 valence electrons. The number of nitrogens with zero attached hydrogens (tertiary/aromatic N) is 1. The van der Waals surface area contributed by atoms with E-state index in [0.717, 1.165) is 25.0 Å². The molecule has 2 nitrogen and oxygen atoms in total. The molecule has 1 amide bonds. The summed E-state index contributed by atoms with van der Waals surface area (Å²) >= 11 is 3.53. The SMILES string of the molecule is CS.O=C(C1C(c2ccccc2-c2c(F)cccc2F)C1(F)F)N1CCCC1. The Morgan fingerprint density at radius 2 is 1.57 bits per heavy atom. The van der Waals surface area contributed by atoms with Gasteiger partial charge in [-0.1, -0.05) is 30.3 Å². The highest BCUT2D eigenvalue weighted by Gasteiger charge is 2.73. The first-order valence-corrected chi connectivity index (χ1v) is 9.97. The van der Waals surface area contributed by atoms with Crippen molar-refractivity contribution in [3.63, 3.8) is 0 Å². The third-order valence-corrected chi connectivity index (χ3v) is 5.27. The van der Waals surface area contributed by atoms with E-state index >= 15 is 0 Å². The Bertz CT molecular complexity index is 847. The molecule has 2 unspecified atom stereocenters. The monoisotopic (exact) mass is 411 g/mol. The summed E-state index contributed by atoms with van der Waals surface area (Å²) in [7, 11) is 0. The molecular formula is C21H21F4NOS. The molecule has 0 bridgehead atoms. The molecule has 0 radical (unpaired) electrons. The zero-order valence-electron chi connectivity index (χ0n) is 15.3. The van der Waals surface area contributed by atoms with Gasteiger partial charge in [-0.05, 0) is 42.4 Å². The number of carbonyl (C=O) groups is 1. The Morgan fingerprint density at radius 3 is 2.18 bits per heavy atom. The quantitative estimate of drug-likeness (QED) is 0.547. The molecule has 0 spiro atoms. The fraction of sp³-hybridized carbons (Fsp3) is 0.381. The normalized spacial score (nSPS) is 22.4. The van der Waals surface area contributed by atoms with Crippen molar-refractivity contribution in [3.8, 4) is 11.1 Å². The molecule has 1 aliphatic heterocycles. The van der Waals surface area contributed by atoms with Crippen molar-refractivity contribution in [2.75, 3.05) is 19.3 Å². The number of hydrogen-bond donors (Lipinski definition) is 1. The summed E-state index contributed by atoms with van der Waals surface area (Å²) in [5, 5.41) is 0. The Balaban J connectivity index is 0.00000109. The molecule has 0 aromatic heterocycles. The lowest BCUT2D eigenvalue weighted by molar-refractivity contribution is -0.133. The summed E-state index contributed by atoms with van der Waals surface area (Å²) < 4.78 is 57.4. The van der Waals surface area contributed by atoms with E-state index in [2.05, 4.69) is 12.6 Å². The lowest BCUT2D eigenvalue weighted by atomic mass is 9.95. The fourth-order valence-electron chi connectivity index (χ4n) is 3.91. The van der Waals surface area contributed by atoms with Crippen molar-refractivity contribution in [1.82, 2.24) is 4.90 Å². The lowest BCUT2D eigenvalue weighted by Gasteiger charge is -2.15. The van der Waals surface area contributed by atoms with Gasteiger partial charge in [-0.25, -0.2) is 17.6 Å². The van der Waals surface area contributed by atoms with Gasteiger partial charge in [0, 0.05) is 13.1 Å². The van der Waals surface area contributed by atoms with Crippen LogP contribution in [0.1, 0.15) is 24.3 Å². The van der Waals surface area contributed by atoms with Crippen LogP contribution in [0.25, 0.3) is 11.1 Å². The molecule has 2 atom stereocenters. The highest BCUT2D eigenvalue weighted by atomic mass is 32.1. The van der Waals surface area contributed by atoms with Gasteiger partial charge in [0.15, 0.2) is 0 Å². The number of halogens is 4. The Kier molecular flexibility index (Phi) is 6.03. The Morgan fingerprint density at radius 1 is 1.00 bits per heavy atom. The van der Waals surface area contributed by atoms with Crippen LogP contribution in [0.2, 0.25) is 0 Å². The second-order valence-electron chi connectivity index (χ2n) is 6.85. The Hall–Kier alpha value is -2.02. The van der Waals surface area contributed by atoms with Crippen LogP contribution < -0.4 is 0 Å². The highest BCUT2D eigenvalue weighted by Crippen LogP contribution is 2.63. The minimum atomic E-state index is -3.21. The second kappa shape index (κ2) is 8.15. The van der Waals surface area contributed by atoms with E-state index < -0.39 is 35.3 Å². The lowest BCUT2D eigenvalue weighted by Crippen LogP contribution is -2.30. The third-order valence-electron chi connectivity index (χ3n) is 5.27. The van der Waals surface area contributed by atoms with Gasteiger partial charge in [0.05, 0.1) is 11.5 Å². The number of alkyl halides is 2. The minimum Gasteiger partial charge on any atom is -0.342 e. The predicted octanol–water partition coefficient (Wildman–Crippen LogP) is 5.15. The minimum absolute atomic E-state index is 0.0736. The first kappa shape index (κ1) is 20.7. The molecule has 4 rings (SSSR count). The zero-order valence-corrected chi connectivity index (χ0v) is 16.2. The molecule has 2 aromatic rings. The largest absolute Gasteiger partial charge is 0.342 e. The van der Waals surface area contributed by atoms with Crippen LogP contribution in [0.3, 0.4) is 0 Å². The van der Waals surface area contributed by atoms with Crippen molar-refractivity contribution in [2.24, 2.45) is 5.92 Å². The van der Waals surface area contributed by atoms with Crippen LogP contribution >= 0.6 is 12.6 Å². The summed E-state index contributed by atoms with van der Waals surface area (Å²) in [6.45, 7) is 0.976. The number of carbonyl (C=O) groups excluding carboxylic acids is 1. The molecule has 2 fully saturated rings. The molecule has 2 aliphatic rings. The van der Waals surface area contributed by atoms with Gasteiger partial charge < -0.3 is 4.90 Å². The Labute approximate surface area is 167 Å². The van der Waals surface area contributed by atoms with Gasteiger partial charge in [0.1, 0.15) is 17.6 Å². The average molecular weight is 411 g/mol. The summed E-state index contributed by atoms with van der Waals surface area (Å²) in [5.74, 6) is -8.23. The number of thiol groups is 1. The van der Waals surface area contributed by atoms with Crippen LogP contribution in [-0.4, -0.2) is 36.1 Å². The third kappa shape index (κ3) is 3.52. The summed E-state index contributed by atoms with van der Waals surface area (Å²) in [6, 6.07) is 9.34. The first-order chi connectivity index (χ1) is 13.4. The number of benzene rings is 2. The highest BCUT2D eigenvalue weighted by molar-refractivity contribution is 7.79. The van der Waals surface area contributed by atoms with Crippen molar-refractivity contribution in [1.29, 1.82) is 0 Å². The van der Waals surface area contributed by atoms with Gasteiger partial charge in [0.2, 0.25) is 5.91 Å². The molecule has 1 saturated heterocycles. The van der Waals surface area contributed by atoms with Crippen molar-refractivity contribution in [3.05, 3.63) is 59.7 Å². The number of rotatable bonds is 3. The molecule has 28 heavy (non-hydrogen) atoms. The van der Waals surface area contributed by atoms with E-state index in [0.29, 0.717) is 13.1 Å². The van der Waals surface area contributed by atoms with E-state index in [1.54, 1.807) is 18.4 Å². The maximum atomic E-state index is 14.5. The summed E-state index contributed by atoms with van der Waals surface area (Å²) in [4.78, 5) is 13.9.